The second-order valence-electron chi connectivity index (χ2n) is 5.43. The lowest BCUT2D eigenvalue weighted by Crippen LogP contribution is -2.33. The predicted molar refractivity (Wildman–Crippen MR) is 83.8 cm³/mol. The number of likely N-dealkylation sites (tertiary alicyclic amines) is 1. The molecule has 2 atom stereocenters. The Morgan fingerprint density at radius 1 is 1.40 bits per heavy atom. The minimum Gasteiger partial charge on any atom is -0.307 e. The minimum absolute atomic E-state index is 0.502. The van der Waals surface area contributed by atoms with E-state index in [0.29, 0.717) is 12.1 Å². The number of benzene rings is 1. The Bertz CT molecular complexity index is 512. The van der Waals surface area contributed by atoms with Crippen molar-refractivity contribution < 1.29 is 0 Å². The van der Waals surface area contributed by atoms with E-state index in [1.807, 2.05) is 5.51 Å². The van der Waals surface area contributed by atoms with Crippen molar-refractivity contribution in [3.8, 4) is 0 Å². The third-order valence-electron chi connectivity index (χ3n) is 4.10. The van der Waals surface area contributed by atoms with Gasteiger partial charge >= 0.3 is 0 Å². The van der Waals surface area contributed by atoms with Crippen LogP contribution in [0.2, 0.25) is 0 Å². The summed E-state index contributed by atoms with van der Waals surface area (Å²) in [5.41, 5.74) is 4.47. The maximum atomic E-state index is 4.32. The van der Waals surface area contributed by atoms with Crippen LogP contribution in [0.1, 0.15) is 30.6 Å². The SMILES string of the molecule is CC(c1ccccc1)N1CCC(NCc2cscn2)C1. The zero-order valence-corrected chi connectivity index (χ0v) is 12.6. The van der Waals surface area contributed by atoms with Gasteiger partial charge in [0.1, 0.15) is 0 Å². The predicted octanol–water partition coefficient (Wildman–Crippen LogP) is 3.07. The number of nitrogens with zero attached hydrogens (tertiary/aromatic N) is 2. The largest absolute Gasteiger partial charge is 0.307 e. The normalized spacial score (nSPS) is 21.1. The van der Waals surface area contributed by atoms with Gasteiger partial charge in [0.15, 0.2) is 0 Å². The van der Waals surface area contributed by atoms with Gasteiger partial charge < -0.3 is 5.32 Å². The highest BCUT2D eigenvalue weighted by molar-refractivity contribution is 7.07. The maximum absolute atomic E-state index is 4.32. The summed E-state index contributed by atoms with van der Waals surface area (Å²) in [5, 5.41) is 5.74. The van der Waals surface area contributed by atoms with Crippen LogP contribution in [0.25, 0.3) is 0 Å². The molecule has 3 rings (SSSR count). The van der Waals surface area contributed by atoms with Crippen LogP contribution in [0, 0.1) is 0 Å². The van der Waals surface area contributed by atoms with Gasteiger partial charge in [-0.2, -0.15) is 0 Å². The second-order valence-corrected chi connectivity index (χ2v) is 6.15. The van der Waals surface area contributed by atoms with E-state index in [-0.39, 0.29) is 0 Å². The number of nitrogens with one attached hydrogen (secondary N) is 1. The van der Waals surface area contributed by atoms with Crippen LogP contribution in [0.5, 0.6) is 0 Å². The number of thiazole rings is 1. The van der Waals surface area contributed by atoms with E-state index >= 15 is 0 Å². The second kappa shape index (κ2) is 6.48. The Balaban J connectivity index is 1.51. The van der Waals surface area contributed by atoms with Crippen molar-refractivity contribution in [1.82, 2.24) is 15.2 Å². The molecule has 1 aromatic carbocycles. The first-order valence-corrected chi connectivity index (χ1v) is 8.16. The summed E-state index contributed by atoms with van der Waals surface area (Å²) >= 11 is 1.66. The quantitative estimate of drug-likeness (QED) is 0.916. The molecule has 2 unspecified atom stereocenters. The van der Waals surface area contributed by atoms with Crippen LogP contribution in [0.4, 0.5) is 0 Å². The van der Waals surface area contributed by atoms with Gasteiger partial charge in [-0.25, -0.2) is 4.98 Å². The Kier molecular flexibility index (Phi) is 4.45. The molecule has 1 N–H and O–H groups in total. The van der Waals surface area contributed by atoms with Crippen molar-refractivity contribution >= 4 is 11.3 Å². The van der Waals surface area contributed by atoms with E-state index < -0.39 is 0 Å². The van der Waals surface area contributed by atoms with Crippen LogP contribution in [0.15, 0.2) is 41.2 Å². The van der Waals surface area contributed by atoms with E-state index in [0.717, 1.165) is 18.8 Å². The number of hydrogen-bond acceptors (Lipinski definition) is 4. The van der Waals surface area contributed by atoms with E-state index in [1.54, 1.807) is 11.3 Å². The molecular weight excluding hydrogens is 266 g/mol. The zero-order chi connectivity index (χ0) is 13.8. The lowest BCUT2D eigenvalue weighted by molar-refractivity contribution is 0.255. The fourth-order valence-electron chi connectivity index (χ4n) is 2.82. The molecule has 0 bridgehead atoms. The van der Waals surface area contributed by atoms with Gasteiger partial charge in [-0.15, -0.1) is 11.3 Å². The van der Waals surface area contributed by atoms with Crippen molar-refractivity contribution in [3.05, 3.63) is 52.5 Å². The minimum atomic E-state index is 0.502. The molecule has 0 saturated carbocycles. The number of hydrogen-bond donors (Lipinski definition) is 1. The first-order valence-electron chi connectivity index (χ1n) is 7.22. The first-order chi connectivity index (χ1) is 9.83. The fourth-order valence-corrected chi connectivity index (χ4v) is 3.38. The molecule has 0 aliphatic carbocycles. The standard InChI is InChI=1S/C16H21N3S/c1-13(14-5-3-2-4-6-14)19-8-7-15(10-19)17-9-16-11-20-12-18-16/h2-6,11-13,15,17H,7-10H2,1H3. The molecule has 0 radical (unpaired) electrons. The molecule has 1 saturated heterocycles. The highest BCUT2D eigenvalue weighted by atomic mass is 32.1. The van der Waals surface area contributed by atoms with Gasteiger partial charge in [0.05, 0.1) is 11.2 Å². The third-order valence-corrected chi connectivity index (χ3v) is 4.74. The summed E-state index contributed by atoms with van der Waals surface area (Å²) in [6.07, 6.45) is 1.22. The Morgan fingerprint density at radius 3 is 3.00 bits per heavy atom. The number of aromatic nitrogens is 1. The summed E-state index contributed by atoms with van der Waals surface area (Å²) in [5.74, 6) is 0. The average Bonchev–Trinajstić information content (AvgIpc) is 3.17. The van der Waals surface area contributed by atoms with Gasteiger partial charge in [-0.05, 0) is 18.9 Å². The van der Waals surface area contributed by atoms with E-state index in [9.17, 15) is 0 Å². The van der Waals surface area contributed by atoms with Crippen LogP contribution in [0.3, 0.4) is 0 Å². The molecule has 4 heteroatoms. The fraction of sp³-hybridized carbons (Fsp3) is 0.438. The van der Waals surface area contributed by atoms with Crippen molar-refractivity contribution in [3.63, 3.8) is 0 Å². The van der Waals surface area contributed by atoms with Gasteiger partial charge in [0.2, 0.25) is 0 Å². The Labute approximate surface area is 124 Å². The highest BCUT2D eigenvalue weighted by Gasteiger charge is 2.26. The molecule has 0 amide bonds. The monoisotopic (exact) mass is 287 g/mol. The van der Waals surface area contributed by atoms with Gasteiger partial charge in [0, 0.05) is 37.1 Å². The molecule has 106 valence electrons. The maximum Gasteiger partial charge on any atom is 0.0795 e. The summed E-state index contributed by atoms with van der Waals surface area (Å²) in [7, 11) is 0. The van der Waals surface area contributed by atoms with Gasteiger partial charge in [0.25, 0.3) is 0 Å². The zero-order valence-electron chi connectivity index (χ0n) is 11.8. The van der Waals surface area contributed by atoms with E-state index in [4.69, 9.17) is 0 Å². The van der Waals surface area contributed by atoms with Crippen LogP contribution < -0.4 is 5.32 Å². The first kappa shape index (κ1) is 13.7. The molecule has 2 heterocycles. The molecule has 20 heavy (non-hydrogen) atoms. The van der Waals surface area contributed by atoms with Crippen molar-refractivity contribution in [1.29, 1.82) is 0 Å². The van der Waals surface area contributed by atoms with Crippen molar-refractivity contribution in [2.24, 2.45) is 0 Å². The highest BCUT2D eigenvalue weighted by Crippen LogP contribution is 2.24. The van der Waals surface area contributed by atoms with Crippen LogP contribution in [-0.2, 0) is 6.54 Å². The van der Waals surface area contributed by atoms with Crippen molar-refractivity contribution in [2.45, 2.75) is 32.0 Å². The Morgan fingerprint density at radius 2 is 2.25 bits per heavy atom. The molecule has 1 aliphatic rings. The summed E-state index contributed by atoms with van der Waals surface area (Å²) < 4.78 is 0. The van der Waals surface area contributed by atoms with Gasteiger partial charge in [-0.3, -0.25) is 4.90 Å². The smallest absolute Gasteiger partial charge is 0.0795 e. The third kappa shape index (κ3) is 3.26. The molecule has 1 aromatic heterocycles. The molecule has 3 nitrogen and oxygen atoms in total. The topological polar surface area (TPSA) is 28.2 Å². The lowest BCUT2D eigenvalue weighted by atomic mass is 10.1. The summed E-state index contributed by atoms with van der Waals surface area (Å²) in [6.45, 7) is 5.49. The molecule has 1 fully saturated rings. The summed E-state index contributed by atoms with van der Waals surface area (Å²) in [6, 6.07) is 11.9. The van der Waals surface area contributed by atoms with E-state index in [1.165, 1.54) is 18.5 Å². The average molecular weight is 287 g/mol. The molecule has 0 spiro atoms. The lowest BCUT2D eigenvalue weighted by Gasteiger charge is -2.24. The van der Waals surface area contributed by atoms with Crippen LogP contribution >= 0.6 is 11.3 Å². The van der Waals surface area contributed by atoms with Crippen molar-refractivity contribution in [2.75, 3.05) is 13.1 Å². The van der Waals surface area contributed by atoms with E-state index in [2.05, 4.69) is 57.8 Å². The van der Waals surface area contributed by atoms with Crippen LogP contribution in [-0.4, -0.2) is 29.0 Å². The van der Waals surface area contributed by atoms with Gasteiger partial charge in [-0.1, -0.05) is 30.3 Å². The summed E-state index contributed by atoms with van der Waals surface area (Å²) in [4.78, 5) is 6.88. The Hall–Kier alpha value is -1.23. The molecule has 2 aromatic rings. The molecule has 1 aliphatic heterocycles. The molecular formula is C16H21N3S. The number of rotatable bonds is 5.